The number of aromatic nitrogens is 2. The summed E-state index contributed by atoms with van der Waals surface area (Å²) in [6.45, 7) is 6.31. The molecule has 0 aliphatic carbocycles. The number of nitrogens with zero attached hydrogens (tertiary/aromatic N) is 3. The zero-order valence-corrected chi connectivity index (χ0v) is 8.91. The van der Waals surface area contributed by atoms with Crippen LogP contribution in [0.25, 0.3) is 0 Å². The largest absolute Gasteiger partial charge is 0.258 e. The van der Waals surface area contributed by atoms with Crippen molar-refractivity contribution in [1.29, 1.82) is 5.26 Å². The zero-order valence-electron chi connectivity index (χ0n) is 8.91. The van der Waals surface area contributed by atoms with Crippen LogP contribution in [-0.2, 0) is 11.8 Å². The summed E-state index contributed by atoms with van der Waals surface area (Å²) in [6.07, 6.45) is 4.75. The van der Waals surface area contributed by atoms with Gasteiger partial charge >= 0.3 is 0 Å². The Hall–Kier alpha value is -1.43. The molecule has 0 unspecified atom stereocenters. The van der Waals surface area contributed by atoms with E-state index in [-0.39, 0.29) is 5.41 Å². The molecule has 0 N–H and O–H groups in total. The molecular formula is C11H15N3. The number of nitriles is 1. The molecule has 3 nitrogen and oxygen atoms in total. The molecule has 0 fully saturated rings. The smallest absolute Gasteiger partial charge is 0.0640 e. The van der Waals surface area contributed by atoms with E-state index in [0.29, 0.717) is 12.8 Å². The molecule has 0 aliphatic rings. The third-order valence-corrected chi connectivity index (χ3v) is 1.97. The SMILES string of the molecule is CC(C)(C)c1cnc(CCC#N)cn1. The van der Waals surface area contributed by atoms with E-state index < -0.39 is 0 Å². The first kappa shape index (κ1) is 10.6. The number of hydrogen-bond acceptors (Lipinski definition) is 3. The van der Waals surface area contributed by atoms with Crippen LogP contribution < -0.4 is 0 Å². The third kappa shape index (κ3) is 2.81. The second-order valence-electron chi connectivity index (χ2n) is 4.30. The minimum Gasteiger partial charge on any atom is -0.258 e. The number of aryl methyl sites for hydroxylation is 1. The fourth-order valence-corrected chi connectivity index (χ4v) is 1.06. The van der Waals surface area contributed by atoms with E-state index in [0.717, 1.165) is 11.4 Å². The Balaban J connectivity index is 2.75. The zero-order chi connectivity index (χ0) is 10.6. The van der Waals surface area contributed by atoms with Crippen molar-refractivity contribution in [3.63, 3.8) is 0 Å². The van der Waals surface area contributed by atoms with Crippen LogP contribution >= 0.6 is 0 Å². The van der Waals surface area contributed by atoms with E-state index in [2.05, 4.69) is 36.8 Å². The normalized spacial score (nSPS) is 11.0. The lowest BCUT2D eigenvalue weighted by Gasteiger charge is -2.16. The molecule has 14 heavy (non-hydrogen) atoms. The molecule has 0 saturated carbocycles. The van der Waals surface area contributed by atoms with Gasteiger partial charge in [-0.3, -0.25) is 9.97 Å². The molecular weight excluding hydrogens is 174 g/mol. The average Bonchev–Trinajstić information content (AvgIpc) is 2.14. The molecule has 1 rings (SSSR count). The molecule has 0 radical (unpaired) electrons. The van der Waals surface area contributed by atoms with Gasteiger partial charge in [0.2, 0.25) is 0 Å². The highest BCUT2D eigenvalue weighted by atomic mass is 14.8. The van der Waals surface area contributed by atoms with Crippen molar-refractivity contribution in [3.05, 3.63) is 23.8 Å². The molecule has 0 spiro atoms. The Morgan fingerprint density at radius 1 is 1.29 bits per heavy atom. The monoisotopic (exact) mass is 189 g/mol. The van der Waals surface area contributed by atoms with Crippen molar-refractivity contribution in [2.45, 2.75) is 39.0 Å². The predicted molar refractivity (Wildman–Crippen MR) is 54.7 cm³/mol. The van der Waals surface area contributed by atoms with Crippen molar-refractivity contribution in [2.75, 3.05) is 0 Å². The minimum atomic E-state index is 0.0424. The summed E-state index contributed by atoms with van der Waals surface area (Å²) >= 11 is 0. The molecule has 0 atom stereocenters. The van der Waals surface area contributed by atoms with Gasteiger partial charge < -0.3 is 0 Å². The predicted octanol–water partition coefficient (Wildman–Crippen LogP) is 2.23. The van der Waals surface area contributed by atoms with Crippen molar-refractivity contribution in [3.8, 4) is 6.07 Å². The van der Waals surface area contributed by atoms with E-state index in [1.54, 1.807) is 12.4 Å². The minimum absolute atomic E-state index is 0.0424. The average molecular weight is 189 g/mol. The number of hydrogen-bond donors (Lipinski definition) is 0. The second-order valence-corrected chi connectivity index (χ2v) is 4.30. The molecule has 0 saturated heterocycles. The van der Waals surface area contributed by atoms with E-state index in [9.17, 15) is 0 Å². The van der Waals surface area contributed by atoms with E-state index in [1.807, 2.05) is 0 Å². The quantitative estimate of drug-likeness (QED) is 0.716. The standard InChI is InChI=1S/C11H15N3/c1-11(2,3)10-8-13-9(7-14-10)5-4-6-12/h7-8H,4-5H2,1-3H3. The molecule has 0 bridgehead atoms. The fraction of sp³-hybridized carbons (Fsp3) is 0.545. The van der Waals surface area contributed by atoms with Gasteiger partial charge in [0.1, 0.15) is 0 Å². The van der Waals surface area contributed by atoms with Gasteiger partial charge in [0.15, 0.2) is 0 Å². The molecule has 3 heteroatoms. The summed E-state index contributed by atoms with van der Waals surface area (Å²) in [5.74, 6) is 0. The summed E-state index contributed by atoms with van der Waals surface area (Å²) in [6, 6.07) is 2.09. The molecule has 1 aromatic rings. The molecule has 0 aliphatic heterocycles. The Kier molecular flexibility index (Phi) is 3.19. The van der Waals surface area contributed by atoms with Gasteiger partial charge in [0, 0.05) is 30.7 Å². The first-order chi connectivity index (χ1) is 6.54. The van der Waals surface area contributed by atoms with Crippen LogP contribution in [0.3, 0.4) is 0 Å². The van der Waals surface area contributed by atoms with Crippen LogP contribution in [0.5, 0.6) is 0 Å². The highest BCUT2D eigenvalue weighted by molar-refractivity contribution is 5.11. The summed E-state index contributed by atoms with van der Waals surface area (Å²) in [5, 5.41) is 8.41. The van der Waals surface area contributed by atoms with Gasteiger partial charge in [-0.2, -0.15) is 5.26 Å². The lowest BCUT2D eigenvalue weighted by molar-refractivity contribution is 0.564. The third-order valence-electron chi connectivity index (χ3n) is 1.97. The number of rotatable bonds is 2. The Morgan fingerprint density at radius 3 is 2.43 bits per heavy atom. The van der Waals surface area contributed by atoms with E-state index >= 15 is 0 Å². The lowest BCUT2D eigenvalue weighted by Crippen LogP contribution is -2.14. The maximum Gasteiger partial charge on any atom is 0.0640 e. The Bertz CT molecular complexity index is 327. The van der Waals surface area contributed by atoms with Crippen molar-refractivity contribution in [1.82, 2.24) is 9.97 Å². The van der Waals surface area contributed by atoms with E-state index in [4.69, 9.17) is 5.26 Å². The highest BCUT2D eigenvalue weighted by Crippen LogP contribution is 2.18. The molecule has 1 heterocycles. The van der Waals surface area contributed by atoms with Crippen molar-refractivity contribution < 1.29 is 0 Å². The Morgan fingerprint density at radius 2 is 2.00 bits per heavy atom. The topological polar surface area (TPSA) is 49.6 Å². The molecule has 74 valence electrons. The summed E-state index contributed by atoms with van der Waals surface area (Å²) in [4.78, 5) is 8.60. The van der Waals surface area contributed by atoms with Gasteiger partial charge in [0.25, 0.3) is 0 Å². The summed E-state index contributed by atoms with van der Waals surface area (Å²) in [5.41, 5.74) is 1.92. The first-order valence-corrected chi connectivity index (χ1v) is 4.72. The van der Waals surface area contributed by atoms with Crippen LogP contribution in [0.4, 0.5) is 0 Å². The van der Waals surface area contributed by atoms with Crippen LogP contribution in [-0.4, -0.2) is 9.97 Å². The second kappa shape index (κ2) is 4.19. The molecule has 0 aromatic carbocycles. The van der Waals surface area contributed by atoms with Gasteiger partial charge in [-0.1, -0.05) is 20.8 Å². The molecule has 1 aromatic heterocycles. The first-order valence-electron chi connectivity index (χ1n) is 4.72. The van der Waals surface area contributed by atoms with Crippen LogP contribution in [0, 0.1) is 11.3 Å². The lowest BCUT2D eigenvalue weighted by atomic mass is 9.93. The van der Waals surface area contributed by atoms with Crippen LogP contribution in [0.2, 0.25) is 0 Å². The van der Waals surface area contributed by atoms with Crippen LogP contribution in [0.1, 0.15) is 38.6 Å². The van der Waals surface area contributed by atoms with Gasteiger partial charge in [-0.05, 0) is 0 Å². The van der Waals surface area contributed by atoms with Gasteiger partial charge in [-0.25, -0.2) is 0 Å². The maximum atomic E-state index is 8.41. The maximum absolute atomic E-state index is 8.41. The van der Waals surface area contributed by atoms with Crippen molar-refractivity contribution >= 4 is 0 Å². The van der Waals surface area contributed by atoms with Crippen molar-refractivity contribution in [2.24, 2.45) is 0 Å². The molecule has 0 amide bonds. The highest BCUT2D eigenvalue weighted by Gasteiger charge is 2.15. The van der Waals surface area contributed by atoms with Gasteiger partial charge in [0.05, 0.1) is 17.5 Å². The van der Waals surface area contributed by atoms with E-state index in [1.165, 1.54) is 0 Å². The van der Waals surface area contributed by atoms with Gasteiger partial charge in [-0.15, -0.1) is 0 Å². The van der Waals surface area contributed by atoms with Crippen LogP contribution in [0.15, 0.2) is 12.4 Å². The Labute approximate surface area is 84.8 Å². The fourth-order valence-electron chi connectivity index (χ4n) is 1.06. The summed E-state index contributed by atoms with van der Waals surface area (Å²) < 4.78 is 0. The summed E-state index contributed by atoms with van der Waals surface area (Å²) in [7, 11) is 0.